The van der Waals surface area contributed by atoms with Crippen LogP contribution in [0, 0.1) is 12.3 Å². The first-order valence-electron chi connectivity index (χ1n) is 7.00. The van der Waals surface area contributed by atoms with Gasteiger partial charge >= 0.3 is 5.97 Å². The van der Waals surface area contributed by atoms with Gasteiger partial charge in [-0.1, -0.05) is 18.1 Å². The summed E-state index contributed by atoms with van der Waals surface area (Å²) < 4.78 is 11.4. The van der Waals surface area contributed by atoms with Gasteiger partial charge in [0.25, 0.3) is 5.91 Å². The SMILES string of the molecule is C#CCNC(=O)COC(=O)c1ccc(-c2nc3ccccc3s2)o1. The summed E-state index contributed by atoms with van der Waals surface area (Å²) >= 11 is 1.46. The number of rotatable bonds is 5. The van der Waals surface area contributed by atoms with Gasteiger partial charge in [-0.3, -0.25) is 4.79 Å². The largest absolute Gasteiger partial charge is 0.450 e. The zero-order valence-corrected chi connectivity index (χ0v) is 13.3. The van der Waals surface area contributed by atoms with Gasteiger partial charge in [-0.15, -0.1) is 17.8 Å². The van der Waals surface area contributed by atoms with Gasteiger partial charge in [-0.05, 0) is 24.3 Å². The van der Waals surface area contributed by atoms with Crippen molar-refractivity contribution in [1.82, 2.24) is 10.3 Å². The van der Waals surface area contributed by atoms with Crippen LogP contribution in [0.25, 0.3) is 21.0 Å². The van der Waals surface area contributed by atoms with Gasteiger partial charge in [0.05, 0.1) is 16.8 Å². The summed E-state index contributed by atoms with van der Waals surface area (Å²) in [6.07, 6.45) is 5.02. The highest BCUT2D eigenvalue weighted by Crippen LogP contribution is 2.31. The van der Waals surface area contributed by atoms with Crippen LogP contribution in [0.5, 0.6) is 0 Å². The third-order valence-corrected chi connectivity index (χ3v) is 4.08. The number of aromatic nitrogens is 1. The highest BCUT2D eigenvalue weighted by atomic mass is 32.1. The van der Waals surface area contributed by atoms with Crippen molar-refractivity contribution in [3.63, 3.8) is 0 Å². The van der Waals surface area contributed by atoms with Gasteiger partial charge < -0.3 is 14.5 Å². The molecule has 0 saturated heterocycles. The van der Waals surface area contributed by atoms with Crippen molar-refractivity contribution in [3.05, 3.63) is 42.2 Å². The molecule has 1 aromatic carbocycles. The Morgan fingerprint density at radius 3 is 2.92 bits per heavy atom. The first-order valence-corrected chi connectivity index (χ1v) is 7.82. The maximum Gasteiger partial charge on any atom is 0.374 e. The van der Waals surface area contributed by atoms with E-state index in [9.17, 15) is 9.59 Å². The van der Waals surface area contributed by atoms with Crippen molar-refractivity contribution in [2.75, 3.05) is 13.2 Å². The summed E-state index contributed by atoms with van der Waals surface area (Å²) in [7, 11) is 0. The summed E-state index contributed by atoms with van der Waals surface area (Å²) in [5.41, 5.74) is 0.864. The number of carbonyl (C=O) groups is 2. The van der Waals surface area contributed by atoms with Crippen LogP contribution in [0.15, 0.2) is 40.8 Å². The molecule has 0 atom stereocenters. The molecule has 7 heteroatoms. The van der Waals surface area contributed by atoms with E-state index in [2.05, 4.69) is 16.2 Å². The number of thiazole rings is 1. The molecule has 0 radical (unpaired) electrons. The molecule has 0 aliphatic carbocycles. The van der Waals surface area contributed by atoms with Crippen LogP contribution in [-0.4, -0.2) is 30.0 Å². The number of fused-ring (bicyclic) bond motifs is 1. The zero-order chi connectivity index (χ0) is 16.9. The Kier molecular flexibility index (Phi) is 4.59. The number of nitrogens with zero attached hydrogens (tertiary/aromatic N) is 1. The minimum Gasteiger partial charge on any atom is -0.450 e. The van der Waals surface area contributed by atoms with E-state index in [1.165, 1.54) is 17.4 Å². The number of ether oxygens (including phenoxy) is 1. The third-order valence-electron chi connectivity index (χ3n) is 3.03. The molecule has 1 amide bonds. The number of para-hydroxylation sites is 1. The average Bonchev–Trinajstić information content (AvgIpc) is 3.23. The predicted octanol–water partition coefficient (Wildman–Crippen LogP) is 2.46. The standard InChI is InChI=1S/C17H12N2O4S/c1-2-9-18-15(20)10-22-17(21)13-8-7-12(23-13)16-19-11-5-3-4-6-14(11)24-16/h1,3-8H,9-10H2,(H,18,20). The van der Waals surface area contributed by atoms with Crippen LogP contribution in [-0.2, 0) is 9.53 Å². The lowest BCUT2D eigenvalue weighted by molar-refractivity contribution is -0.124. The maximum absolute atomic E-state index is 11.9. The van der Waals surface area contributed by atoms with Crippen LogP contribution in [0.4, 0.5) is 0 Å². The number of hydrogen-bond acceptors (Lipinski definition) is 6. The van der Waals surface area contributed by atoms with Crippen molar-refractivity contribution < 1.29 is 18.7 Å². The topological polar surface area (TPSA) is 81.4 Å². The number of benzene rings is 1. The molecule has 2 aromatic heterocycles. The number of hydrogen-bond donors (Lipinski definition) is 1. The number of furan rings is 1. The van der Waals surface area contributed by atoms with Crippen LogP contribution in [0.1, 0.15) is 10.6 Å². The normalized spacial score (nSPS) is 10.3. The first-order chi connectivity index (χ1) is 11.7. The van der Waals surface area contributed by atoms with Gasteiger partial charge in [0.1, 0.15) is 0 Å². The second-order valence-electron chi connectivity index (χ2n) is 4.71. The molecule has 1 N–H and O–H groups in total. The highest BCUT2D eigenvalue weighted by molar-refractivity contribution is 7.21. The molecule has 3 rings (SSSR count). The van der Waals surface area contributed by atoms with Gasteiger partial charge in [0.15, 0.2) is 17.4 Å². The molecule has 0 fully saturated rings. The van der Waals surface area contributed by atoms with E-state index in [1.54, 1.807) is 6.07 Å². The summed E-state index contributed by atoms with van der Waals surface area (Å²) in [4.78, 5) is 27.7. The summed E-state index contributed by atoms with van der Waals surface area (Å²) in [6, 6.07) is 10.8. The lowest BCUT2D eigenvalue weighted by Crippen LogP contribution is -2.28. The van der Waals surface area contributed by atoms with E-state index in [1.807, 2.05) is 24.3 Å². The average molecular weight is 340 g/mol. The van der Waals surface area contributed by atoms with Crippen molar-refractivity contribution in [2.24, 2.45) is 0 Å². The molecule has 0 unspecified atom stereocenters. The van der Waals surface area contributed by atoms with E-state index in [-0.39, 0.29) is 12.3 Å². The van der Waals surface area contributed by atoms with E-state index in [0.29, 0.717) is 10.8 Å². The van der Waals surface area contributed by atoms with Crippen molar-refractivity contribution in [1.29, 1.82) is 0 Å². The van der Waals surface area contributed by atoms with E-state index >= 15 is 0 Å². The van der Waals surface area contributed by atoms with Crippen LogP contribution in [0.2, 0.25) is 0 Å². The van der Waals surface area contributed by atoms with Gasteiger partial charge in [-0.2, -0.15) is 0 Å². The second-order valence-corrected chi connectivity index (χ2v) is 5.74. The Balaban J connectivity index is 1.67. The molecule has 24 heavy (non-hydrogen) atoms. The van der Waals surface area contributed by atoms with Gasteiger partial charge in [0, 0.05) is 0 Å². The molecule has 0 bridgehead atoms. The Labute approximate surface area is 141 Å². The Bertz CT molecular complexity index is 902. The quantitative estimate of drug-likeness (QED) is 0.570. The van der Waals surface area contributed by atoms with E-state index in [4.69, 9.17) is 15.6 Å². The van der Waals surface area contributed by atoms with Crippen molar-refractivity contribution >= 4 is 33.4 Å². The summed E-state index contributed by atoms with van der Waals surface area (Å²) in [6.45, 7) is -0.337. The minimum absolute atomic E-state index is 0.00834. The Morgan fingerprint density at radius 2 is 2.12 bits per heavy atom. The monoisotopic (exact) mass is 340 g/mol. The summed E-state index contributed by atoms with van der Waals surface area (Å²) in [5.74, 6) is 1.54. The lowest BCUT2D eigenvalue weighted by Gasteiger charge is -2.02. The molecular formula is C17H12N2O4S. The number of esters is 1. The van der Waals surface area contributed by atoms with E-state index in [0.717, 1.165) is 10.2 Å². The lowest BCUT2D eigenvalue weighted by atomic mass is 10.3. The highest BCUT2D eigenvalue weighted by Gasteiger charge is 2.17. The van der Waals surface area contributed by atoms with Crippen LogP contribution >= 0.6 is 11.3 Å². The number of nitrogens with one attached hydrogen (secondary N) is 1. The van der Waals surface area contributed by atoms with Crippen LogP contribution < -0.4 is 5.32 Å². The van der Waals surface area contributed by atoms with Gasteiger partial charge in [0.2, 0.25) is 5.76 Å². The van der Waals surface area contributed by atoms with Crippen LogP contribution in [0.3, 0.4) is 0 Å². The zero-order valence-electron chi connectivity index (χ0n) is 12.4. The number of terminal acetylenes is 1. The molecule has 2 heterocycles. The molecule has 6 nitrogen and oxygen atoms in total. The minimum atomic E-state index is -0.724. The molecule has 120 valence electrons. The predicted molar refractivity (Wildman–Crippen MR) is 89.4 cm³/mol. The first kappa shape index (κ1) is 15.8. The molecular weight excluding hydrogens is 328 g/mol. The molecule has 0 spiro atoms. The smallest absolute Gasteiger partial charge is 0.374 e. The molecule has 0 saturated carbocycles. The molecule has 0 aliphatic rings. The Hall–Kier alpha value is -3.11. The third kappa shape index (κ3) is 3.45. The Morgan fingerprint density at radius 1 is 1.29 bits per heavy atom. The molecule has 0 aliphatic heterocycles. The van der Waals surface area contributed by atoms with E-state index < -0.39 is 18.5 Å². The fourth-order valence-corrected chi connectivity index (χ4v) is 2.87. The van der Waals surface area contributed by atoms with Crippen molar-refractivity contribution in [3.8, 4) is 23.1 Å². The fourth-order valence-electron chi connectivity index (χ4n) is 1.94. The number of carbonyl (C=O) groups excluding carboxylic acids is 2. The summed E-state index contributed by atoms with van der Waals surface area (Å²) in [5, 5.41) is 3.06. The number of amides is 1. The fraction of sp³-hybridized carbons (Fsp3) is 0.118. The van der Waals surface area contributed by atoms with Gasteiger partial charge in [-0.25, -0.2) is 9.78 Å². The second kappa shape index (κ2) is 6.98. The maximum atomic E-state index is 11.9. The van der Waals surface area contributed by atoms with Crippen molar-refractivity contribution in [2.45, 2.75) is 0 Å². The molecule has 3 aromatic rings.